The van der Waals surface area contributed by atoms with Gasteiger partial charge in [-0.25, -0.2) is 4.79 Å². The molecule has 0 spiro atoms. The zero-order valence-electron chi connectivity index (χ0n) is 18.2. The number of ether oxygens (including phenoxy) is 1. The summed E-state index contributed by atoms with van der Waals surface area (Å²) < 4.78 is 5.59. The van der Waals surface area contributed by atoms with Crippen LogP contribution in [-0.4, -0.2) is 31.4 Å². The zero-order valence-corrected chi connectivity index (χ0v) is 19.2. The summed E-state index contributed by atoms with van der Waals surface area (Å²) in [6.07, 6.45) is 0.459. The molecular weight excluding hydrogens is 378 g/mol. The van der Waals surface area contributed by atoms with Gasteiger partial charge in [-0.2, -0.15) is 0 Å². The van der Waals surface area contributed by atoms with E-state index in [1.807, 2.05) is 60.7 Å². The summed E-state index contributed by atoms with van der Waals surface area (Å²) in [6.45, 7) is 11.8. The quantitative estimate of drug-likeness (QED) is 0.401. The molecule has 0 N–H and O–H groups in total. The lowest BCUT2D eigenvalue weighted by Crippen LogP contribution is -2.48. The van der Waals surface area contributed by atoms with Crippen molar-refractivity contribution in [3.8, 4) is 0 Å². The fourth-order valence-electron chi connectivity index (χ4n) is 2.96. The van der Waals surface area contributed by atoms with E-state index in [0.717, 1.165) is 17.4 Å². The first kappa shape index (κ1) is 22.9. The van der Waals surface area contributed by atoms with Gasteiger partial charge in [0.15, 0.2) is 0 Å². The second kappa shape index (κ2) is 9.88. The zero-order chi connectivity index (χ0) is 21.5. The predicted molar refractivity (Wildman–Crippen MR) is 120 cm³/mol. The molecule has 0 saturated heterocycles. The SMILES string of the molecule is CC(C)(C)[Si](C)(C)C[C@@H](C=O)N(Cc1ccccc1)C(=O)OCc1ccccc1. The van der Waals surface area contributed by atoms with E-state index >= 15 is 0 Å². The molecule has 0 aromatic heterocycles. The van der Waals surface area contributed by atoms with Crippen LogP contribution in [0.4, 0.5) is 4.79 Å². The standard InChI is InChI=1S/C24H33NO3Si/c1-24(2,3)29(4,5)19-22(17-26)25(16-20-12-8-6-9-13-20)23(27)28-18-21-14-10-7-11-15-21/h6-15,17,22H,16,18-19H2,1-5H3/t22-/m1/s1. The normalized spacial score (nSPS) is 12.9. The first-order valence-electron chi connectivity index (χ1n) is 10.1. The number of nitrogens with zero attached hydrogens (tertiary/aromatic N) is 1. The van der Waals surface area contributed by atoms with E-state index in [4.69, 9.17) is 4.74 Å². The molecule has 0 aliphatic carbocycles. The second-order valence-corrected chi connectivity index (χ2v) is 14.9. The van der Waals surface area contributed by atoms with E-state index in [2.05, 4.69) is 33.9 Å². The van der Waals surface area contributed by atoms with Crippen LogP contribution in [-0.2, 0) is 22.7 Å². The van der Waals surface area contributed by atoms with Crippen molar-refractivity contribution in [3.63, 3.8) is 0 Å². The average Bonchev–Trinajstić information content (AvgIpc) is 2.69. The Balaban J connectivity index is 2.22. The van der Waals surface area contributed by atoms with Gasteiger partial charge in [-0.15, -0.1) is 0 Å². The third kappa shape index (κ3) is 6.56. The maximum atomic E-state index is 13.0. The molecule has 2 aromatic carbocycles. The Kier molecular flexibility index (Phi) is 7.79. The lowest BCUT2D eigenvalue weighted by molar-refractivity contribution is -0.111. The Bertz CT molecular complexity index is 785. The highest BCUT2D eigenvalue weighted by molar-refractivity contribution is 6.80. The number of carbonyl (C=O) groups excluding carboxylic acids is 2. The molecule has 2 aromatic rings. The van der Waals surface area contributed by atoms with E-state index < -0.39 is 20.2 Å². The van der Waals surface area contributed by atoms with Crippen LogP contribution in [0.3, 0.4) is 0 Å². The molecular formula is C24H33NO3Si. The van der Waals surface area contributed by atoms with Crippen LogP contribution in [0.5, 0.6) is 0 Å². The minimum absolute atomic E-state index is 0.126. The minimum atomic E-state index is -1.78. The van der Waals surface area contributed by atoms with Crippen LogP contribution in [0.2, 0.25) is 24.2 Å². The summed E-state index contributed by atoms with van der Waals surface area (Å²) in [5, 5.41) is 0.126. The van der Waals surface area contributed by atoms with E-state index in [0.29, 0.717) is 12.6 Å². The van der Waals surface area contributed by atoms with Crippen molar-refractivity contribution in [3.05, 3.63) is 71.8 Å². The highest BCUT2D eigenvalue weighted by Crippen LogP contribution is 2.40. The van der Waals surface area contributed by atoms with Crippen LogP contribution in [0, 0.1) is 0 Å². The third-order valence-electron chi connectivity index (χ3n) is 5.94. The van der Waals surface area contributed by atoms with Crippen molar-refractivity contribution < 1.29 is 14.3 Å². The number of hydrogen-bond donors (Lipinski definition) is 0. The summed E-state index contributed by atoms with van der Waals surface area (Å²) in [6, 6.07) is 19.5. The summed E-state index contributed by atoms with van der Waals surface area (Å²) in [4.78, 5) is 26.7. The Morgan fingerprint density at radius 2 is 1.52 bits per heavy atom. The first-order chi connectivity index (χ1) is 13.6. The van der Waals surface area contributed by atoms with Gasteiger partial charge in [0, 0.05) is 6.54 Å². The Morgan fingerprint density at radius 3 is 2.00 bits per heavy atom. The van der Waals surface area contributed by atoms with Gasteiger partial charge in [0.2, 0.25) is 0 Å². The molecule has 1 amide bonds. The molecule has 29 heavy (non-hydrogen) atoms. The number of carbonyl (C=O) groups is 2. The van der Waals surface area contributed by atoms with Gasteiger partial charge in [-0.3, -0.25) is 4.90 Å². The highest BCUT2D eigenvalue weighted by Gasteiger charge is 2.39. The van der Waals surface area contributed by atoms with Crippen molar-refractivity contribution >= 4 is 20.5 Å². The number of benzene rings is 2. The summed E-state index contributed by atoms with van der Waals surface area (Å²) in [5.41, 5.74) is 1.90. The molecule has 0 saturated carbocycles. The van der Waals surface area contributed by atoms with Crippen LogP contribution in [0.25, 0.3) is 0 Å². The average molecular weight is 412 g/mol. The molecule has 5 heteroatoms. The minimum Gasteiger partial charge on any atom is -0.445 e. The number of amides is 1. The Hall–Kier alpha value is -2.40. The molecule has 0 unspecified atom stereocenters. The Labute approximate surface area is 175 Å². The van der Waals surface area contributed by atoms with Crippen molar-refractivity contribution in [1.82, 2.24) is 4.90 Å². The molecule has 0 bridgehead atoms. The third-order valence-corrected chi connectivity index (χ3v) is 11.4. The lowest BCUT2D eigenvalue weighted by Gasteiger charge is -2.40. The van der Waals surface area contributed by atoms with Crippen LogP contribution < -0.4 is 0 Å². The summed E-state index contributed by atoms with van der Waals surface area (Å²) in [5.74, 6) is 0. The molecule has 0 aliphatic heterocycles. The van der Waals surface area contributed by atoms with Gasteiger partial charge in [-0.05, 0) is 22.2 Å². The molecule has 0 aliphatic rings. The number of hydrogen-bond acceptors (Lipinski definition) is 3. The van der Waals surface area contributed by atoms with Gasteiger partial charge in [0.25, 0.3) is 0 Å². The Morgan fingerprint density at radius 1 is 1.00 bits per heavy atom. The van der Waals surface area contributed by atoms with Crippen LogP contribution >= 0.6 is 0 Å². The van der Waals surface area contributed by atoms with Gasteiger partial charge >= 0.3 is 6.09 Å². The molecule has 0 heterocycles. The summed E-state index contributed by atoms with van der Waals surface area (Å²) >= 11 is 0. The molecule has 1 atom stereocenters. The van der Waals surface area contributed by atoms with Gasteiger partial charge in [0.05, 0.1) is 14.1 Å². The fraction of sp³-hybridized carbons (Fsp3) is 0.417. The van der Waals surface area contributed by atoms with Gasteiger partial charge in [0.1, 0.15) is 12.9 Å². The van der Waals surface area contributed by atoms with Gasteiger partial charge in [-0.1, -0.05) is 94.5 Å². The molecule has 4 nitrogen and oxygen atoms in total. The maximum Gasteiger partial charge on any atom is 0.411 e. The van der Waals surface area contributed by atoms with E-state index in [9.17, 15) is 9.59 Å². The number of aldehydes is 1. The first-order valence-corrected chi connectivity index (χ1v) is 13.3. The van der Waals surface area contributed by atoms with Crippen LogP contribution in [0.1, 0.15) is 31.9 Å². The lowest BCUT2D eigenvalue weighted by atomic mass is 10.2. The molecule has 156 valence electrons. The van der Waals surface area contributed by atoms with Crippen molar-refractivity contribution in [2.24, 2.45) is 0 Å². The molecule has 2 rings (SSSR count). The topological polar surface area (TPSA) is 46.6 Å². The molecule has 0 radical (unpaired) electrons. The predicted octanol–water partition coefficient (Wildman–Crippen LogP) is 5.90. The van der Waals surface area contributed by atoms with Crippen molar-refractivity contribution in [2.75, 3.05) is 0 Å². The molecule has 0 fully saturated rings. The maximum absolute atomic E-state index is 13.0. The van der Waals surface area contributed by atoms with Gasteiger partial charge < -0.3 is 9.53 Å². The largest absolute Gasteiger partial charge is 0.445 e. The second-order valence-electron chi connectivity index (χ2n) is 9.20. The van der Waals surface area contributed by atoms with Crippen LogP contribution in [0.15, 0.2) is 60.7 Å². The van der Waals surface area contributed by atoms with Crippen molar-refractivity contribution in [1.29, 1.82) is 0 Å². The van der Waals surface area contributed by atoms with E-state index in [-0.39, 0.29) is 11.6 Å². The van der Waals surface area contributed by atoms with Crippen molar-refractivity contribution in [2.45, 2.75) is 64.1 Å². The fourth-order valence-corrected chi connectivity index (χ4v) is 4.94. The number of rotatable bonds is 8. The highest BCUT2D eigenvalue weighted by atomic mass is 28.3. The summed E-state index contributed by atoms with van der Waals surface area (Å²) in [7, 11) is -1.78. The smallest absolute Gasteiger partial charge is 0.411 e. The monoisotopic (exact) mass is 411 g/mol. The van der Waals surface area contributed by atoms with E-state index in [1.54, 1.807) is 4.90 Å². The van der Waals surface area contributed by atoms with E-state index in [1.165, 1.54) is 0 Å².